The summed E-state index contributed by atoms with van der Waals surface area (Å²) in [5.41, 5.74) is 0.880. The number of hydrogen-bond acceptors (Lipinski definition) is 6. The van der Waals surface area contributed by atoms with Crippen molar-refractivity contribution in [3.8, 4) is 0 Å². The molecule has 0 aliphatic carbocycles. The highest BCUT2D eigenvalue weighted by Crippen LogP contribution is 2.26. The molecule has 2 aromatic heterocycles. The second kappa shape index (κ2) is 5.30. The van der Waals surface area contributed by atoms with Crippen LogP contribution in [0.2, 0.25) is 0 Å². The number of fused-ring (bicyclic) bond motifs is 1. The summed E-state index contributed by atoms with van der Waals surface area (Å²) >= 11 is 1.55. The standard InChI is InChI=1S/C12H15N3O2S/c1-7(2)9(12(16)17-3)15-11-10-8(4-5-18-10)13-6-14-11/h4-7,9H,1-3H3,(H,13,14,15). The molecule has 0 spiro atoms. The molecule has 5 nitrogen and oxygen atoms in total. The molecule has 0 aliphatic rings. The molecule has 2 rings (SSSR count). The van der Waals surface area contributed by atoms with Gasteiger partial charge in [-0.1, -0.05) is 13.8 Å². The van der Waals surface area contributed by atoms with Crippen LogP contribution in [0.15, 0.2) is 17.8 Å². The number of ether oxygens (including phenoxy) is 1. The molecule has 2 heterocycles. The van der Waals surface area contributed by atoms with E-state index in [4.69, 9.17) is 4.74 Å². The quantitative estimate of drug-likeness (QED) is 0.859. The summed E-state index contributed by atoms with van der Waals surface area (Å²) in [6.07, 6.45) is 1.49. The van der Waals surface area contributed by atoms with E-state index >= 15 is 0 Å². The smallest absolute Gasteiger partial charge is 0.328 e. The molecule has 0 saturated carbocycles. The van der Waals surface area contributed by atoms with E-state index in [1.54, 1.807) is 11.3 Å². The minimum Gasteiger partial charge on any atom is -0.467 e. The molecule has 1 unspecified atom stereocenters. The van der Waals surface area contributed by atoms with Crippen LogP contribution < -0.4 is 5.32 Å². The van der Waals surface area contributed by atoms with Crippen molar-refractivity contribution in [2.24, 2.45) is 5.92 Å². The Balaban J connectivity index is 2.31. The summed E-state index contributed by atoms with van der Waals surface area (Å²) < 4.78 is 5.75. The number of thiophene rings is 1. The van der Waals surface area contributed by atoms with Gasteiger partial charge < -0.3 is 10.1 Å². The molecule has 0 bridgehead atoms. The lowest BCUT2D eigenvalue weighted by Gasteiger charge is -2.20. The Morgan fingerprint density at radius 1 is 1.44 bits per heavy atom. The highest BCUT2D eigenvalue weighted by molar-refractivity contribution is 7.17. The fraction of sp³-hybridized carbons (Fsp3) is 0.417. The number of esters is 1. The van der Waals surface area contributed by atoms with Crippen LogP contribution in [0, 0.1) is 5.92 Å². The molecule has 0 aromatic carbocycles. The summed E-state index contributed by atoms with van der Waals surface area (Å²) in [5, 5.41) is 5.09. The largest absolute Gasteiger partial charge is 0.467 e. The van der Waals surface area contributed by atoms with Crippen molar-refractivity contribution >= 4 is 33.3 Å². The van der Waals surface area contributed by atoms with Gasteiger partial charge in [0.15, 0.2) is 0 Å². The maximum atomic E-state index is 11.7. The number of nitrogens with zero attached hydrogens (tertiary/aromatic N) is 2. The van der Waals surface area contributed by atoms with Gasteiger partial charge in [-0.05, 0) is 17.4 Å². The third kappa shape index (κ3) is 2.43. The fourth-order valence-electron chi connectivity index (χ4n) is 1.66. The van der Waals surface area contributed by atoms with Crippen LogP contribution >= 0.6 is 11.3 Å². The number of anilines is 1. The van der Waals surface area contributed by atoms with Gasteiger partial charge in [-0.3, -0.25) is 0 Å². The fourth-order valence-corrected chi connectivity index (χ4v) is 2.46. The first-order valence-corrected chi connectivity index (χ1v) is 6.54. The van der Waals surface area contributed by atoms with Gasteiger partial charge in [0.25, 0.3) is 0 Å². The number of nitrogens with one attached hydrogen (secondary N) is 1. The first-order chi connectivity index (χ1) is 8.63. The predicted octanol–water partition coefficient (Wildman–Crippen LogP) is 2.30. The van der Waals surface area contributed by atoms with E-state index in [-0.39, 0.29) is 11.9 Å². The van der Waals surface area contributed by atoms with E-state index in [1.807, 2.05) is 25.3 Å². The lowest BCUT2D eigenvalue weighted by molar-refractivity contribution is -0.142. The SMILES string of the molecule is COC(=O)C(Nc1ncnc2ccsc12)C(C)C. The summed E-state index contributed by atoms with van der Waals surface area (Å²) in [6.45, 7) is 3.92. The maximum absolute atomic E-state index is 11.7. The Labute approximate surface area is 109 Å². The van der Waals surface area contributed by atoms with Crippen molar-refractivity contribution in [1.29, 1.82) is 0 Å². The molecular weight excluding hydrogens is 250 g/mol. The van der Waals surface area contributed by atoms with Crippen molar-refractivity contribution in [3.63, 3.8) is 0 Å². The van der Waals surface area contributed by atoms with E-state index in [1.165, 1.54) is 13.4 Å². The average Bonchev–Trinajstić information content (AvgIpc) is 2.83. The Morgan fingerprint density at radius 2 is 2.22 bits per heavy atom. The molecule has 0 amide bonds. The molecule has 0 fully saturated rings. The van der Waals surface area contributed by atoms with Crippen LogP contribution in [0.5, 0.6) is 0 Å². The maximum Gasteiger partial charge on any atom is 0.328 e. The second-order valence-corrected chi connectivity index (χ2v) is 5.16. The number of carbonyl (C=O) groups excluding carboxylic acids is 1. The van der Waals surface area contributed by atoms with Gasteiger partial charge in [0.2, 0.25) is 0 Å². The first kappa shape index (κ1) is 12.8. The van der Waals surface area contributed by atoms with Gasteiger partial charge in [0.05, 0.1) is 17.3 Å². The summed E-state index contributed by atoms with van der Waals surface area (Å²) in [4.78, 5) is 20.1. The van der Waals surface area contributed by atoms with Crippen molar-refractivity contribution in [2.75, 3.05) is 12.4 Å². The van der Waals surface area contributed by atoms with E-state index < -0.39 is 6.04 Å². The van der Waals surface area contributed by atoms with Crippen LogP contribution in [0.3, 0.4) is 0 Å². The van der Waals surface area contributed by atoms with Crippen LogP contribution in [0.1, 0.15) is 13.8 Å². The lowest BCUT2D eigenvalue weighted by atomic mass is 10.0. The predicted molar refractivity (Wildman–Crippen MR) is 71.7 cm³/mol. The number of rotatable bonds is 4. The molecule has 2 aromatic rings. The van der Waals surface area contributed by atoms with Crippen LogP contribution in [-0.2, 0) is 9.53 Å². The third-order valence-electron chi connectivity index (χ3n) is 2.66. The molecule has 6 heteroatoms. The summed E-state index contributed by atoms with van der Waals surface area (Å²) in [5.74, 6) is 0.509. The normalized spacial score (nSPS) is 12.7. The zero-order chi connectivity index (χ0) is 13.1. The zero-order valence-electron chi connectivity index (χ0n) is 10.5. The van der Waals surface area contributed by atoms with E-state index in [0.717, 1.165) is 10.2 Å². The molecule has 96 valence electrons. The minimum atomic E-state index is -0.407. The van der Waals surface area contributed by atoms with Gasteiger partial charge in [-0.2, -0.15) is 0 Å². The summed E-state index contributed by atoms with van der Waals surface area (Å²) in [6, 6.07) is 1.52. The molecular formula is C12H15N3O2S. The molecule has 18 heavy (non-hydrogen) atoms. The monoisotopic (exact) mass is 265 g/mol. The highest BCUT2D eigenvalue weighted by atomic mass is 32.1. The minimum absolute atomic E-state index is 0.113. The molecule has 0 saturated heterocycles. The van der Waals surface area contributed by atoms with E-state index in [0.29, 0.717) is 5.82 Å². The molecule has 1 atom stereocenters. The van der Waals surface area contributed by atoms with E-state index in [9.17, 15) is 4.79 Å². The van der Waals surface area contributed by atoms with Crippen molar-refractivity contribution < 1.29 is 9.53 Å². The Morgan fingerprint density at radius 3 is 2.89 bits per heavy atom. The molecule has 1 N–H and O–H groups in total. The number of carbonyl (C=O) groups is 1. The van der Waals surface area contributed by atoms with Gasteiger partial charge >= 0.3 is 5.97 Å². The van der Waals surface area contributed by atoms with Gasteiger partial charge in [0.1, 0.15) is 18.2 Å². The number of aromatic nitrogens is 2. The Kier molecular flexibility index (Phi) is 3.76. The first-order valence-electron chi connectivity index (χ1n) is 5.66. The Hall–Kier alpha value is -1.69. The third-order valence-corrected chi connectivity index (χ3v) is 3.57. The number of hydrogen-bond donors (Lipinski definition) is 1. The lowest BCUT2D eigenvalue weighted by Crippen LogP contribution is -2.35. The van der Waals surface area contributed by atoms with Crippen LogP contribution in [-0.4, -0.2) is 29.1 Å². The van der Waals surface area contributed by atoms with Crippen LogP contribution in [0.4, 0.5) is 5.82 Å². The van der Waals surface area contributed by atoms with Gasteiger partial charge in [-0.25, -0.2) is 14.8 Å². The molecule has 0 radical (unpaired) electrons. The average molecular weight is 265 g/mol. The van der Waals surface area contributed by atoms with Gasteiger partial charge in [0, 0.05) is 0 Å². The Bertz CT molecular complexity index is 553. The second-order valence-electron chi connectivity index (χ2n) is 4.25. The van der Waals surface area contributed by atoms with Crippen molar-refractivity contribution in [3.05, 3.63) is 17.8 Å². The highest BCUT2D eigenvalue weighted by Gasteiger charge is 2.24. The topological polar surface area (TPSA) is 64.1 Å². The van der Waals surface area contributed by atoms with E-state index in [2.05, 4.69) is 15.3 Å². The zero-order valence-corrected chi connectivity index (χ0v) is 11.3. The van der Waals surface area contributed by atoms with Gasteiger partial charge in [-0.15, -0.1) is 11.3 Å². The molecule has 0 aliphatic heterocycles. The van der Waals surface area contributed by atoms with Crippen molar-refractivity contribution in [1.82, 2.24) is 9.97 Å². The van der Waals surface area contributed by atoms with Crippen LogP contribution in [0.25, 0.3) is 10.2 Å². The summed E-state index contributed by atoms with van der Waals surface area (Å²) in [7, 11) is 1.39. The number of methoxy groups -OCH3 is 1. The van der Waals surface area contributed by atoms with Crippen molar-refractivity contribution in [2.45, 2.75) is 19.9 Å².